The first-order chi connectivity index (χ1) is 15.8. The van der Waals surface area contributed by atoms with Gasteiger partial charge < -0.3 is 8.98 Å². The average molecular weight is 459 g/mol. The zero-order chi connectivity index (χ0) is 21.6. The number of nitrogens with zero attached hydrogens (tertiary/aromatic N) is 4. The predicted molar refractivity (Wildman–Crippen MR) is 129 cm³/mol. The van der Waals surface area contributed by atoms with Crippen molar-refractivity contribution >= 4 is 23.1 Å². The molecule has 5 aromatic rings. The van der Waals surface area contributed by atoms with Gasteiger partial charge in [0.25, 0.3) is 0 Å². The van der Waals surface area contributed by atoms with Crippen molar-refractivity contribution in [3.05, 3.63) is 107 Å². The van der Waals surface area contributed by atoms with Crippen LogP contribution in [0.4, 0.5) is 0 Å². The highest BCUT2D eigenvalue weighted by Crippen LogP contribution is 2.26. The predicted octanol–water partition coefficient (Wildman–Crippen LogP) is 6.12. The summed E-state index contributed by atoms with van der Waals surface area (Å²) in [5, 5.41) is 12.0. The zero-order valence-corrected chi connectivity index (χ0v) is 19.1. The van der Waals surface area contributed by atoms with E-state index < -0.39 is 0 Å². The Morgan fingerprint density at radius 1 is 0.906 bits per heavy atom. The molecule has 0 saturated carbocycles. The quantitative estimate of drug-likeness (QED) is 0.249. The van der Waals surface area contributed by atoms with Crippen LogP contribution < -0.4 is 0 Å². The maximum Gasteiger partial charge on any atom is 0.205 e. The van der Waals surface area contributed by atoms with Gasteiger partial charge in [0.1, 0.15) is 5.82 Å². The Hall–Kier alpha value is -3.16. The van der Waals surface area contributed by atoms with Gasteiger partial charge in [-0.2, -0.15) is 0 Å². The van der Waals surface area contributed by atoms with E-state index in [0.717, 1.165) is 41.7 Å². The van der Waals surface area contributed by atoms with Crippen LogP contribution in [0.5, 0.6) is 0 Å². The summed E-state index contributed by atoms with van der Waals surface area (Å²) >= 11 is 3.36. The van der Waals surface area contributed by atoms with Crippen molar-refractivity contribution in [2.75, 3.05) is 0 Å². The lowest BCUT2D eigenvalue weighted by Gasteiger charge is -2.09. The van der Waals surface area contributed by atoms with Crippen molar-refractivity contribution in [1.29, 1.82) is 0 Å². The monoisotopic (exact) mass is 458 g/mol. The Labute approximate surface area is 195 Å². The van der Waals surface area contributed by atoms with E-state index in [1.807, 2.05) is 36.4 Å². The van der Waals surface area contributed by atoms with E-state index in [1.165, 1.54) is 10.4 Å². The number of thioether (sulfide) groups is 1. The minimum Gasteiger partial charge on any atom is -0.440 e. The van der Waals surface area contributed by atoms with Gasteiger partial charge in [0.05, 0.1) is 11.9 Å². The molecule has 0 aliphatic heterocycles. The Morgan fingerprint density at radius 2 is 1.72 bits per heavy atom. The van der Waals surface area contributed by atoms with Crippen molar-refractivity contribution in [1.82, 2.24) is 19.7 Å². The summed E-state index contributed by atoms with van der Waals surface area (Å²) < 4.78 is 8.20. The number of aryl methyl sites for hydroxylation is 1. The second-order valence-corrected chi connectivity index (χ2v) is 9.29. The molecule has 3 heterocycles. The van der Waals surface area contributed by atoms with Crippen LogP contribution in [0.1, 0.15) is 22.2 Å². The van der Waals surface area contributed by atoms with Crippen LogP contribution in [-0.2, 0) is 25.1 Å². The van der Waals surface area contributed by atoms with Gasteiger partial charge in [-0.3, -0.25) is 0 Å². The number of oxazole rings is 1. The Balaban J connectivity index is 1.32. The summed E-state index contributed by atoms with van der Waals surface area (Å²) in [6, 6.07) is 24.8. The first-order valence-corrected chi connectivity index (χ1v) is 12.3. The Bertz CT molecular complexity index is 1250. The van der Waals surface area contributed by atoms with E-state index in [4.69, 9.17) is 4.42 Å². The van der Waals surface area contributed by atoms with Crippen LogP contribution >= 0.6 is 23.1 Å². The number of thiophene rings is 1. The molecule has 32 heavy (non-hydrogen) atoms. The largest absolute Gasteiger partial charge is 0.440 e. The van der Waals surface area contributed by atoms with E-state index in [9.17, 15) is 0 Å². The van der Waals surface area contributed by atoms with Crippen LogP contribution in [0, 0.1) is 0 Å². The molecule has 2 aromatic carbocycles. The van der Waals surface area contributed by atoms with E-state index in [2.05, 4.69) is 61.5 Å². The Kier molecular flexibility index (Phi) is 6.46. The van der Waals surface area contributed by atoms with Gasteiger partial charge in [-0.05, 0) is 23.4 Å². The molecule has 160 valence electrons. The number of rotatable bonds is 9. The van der Waals surface area contributed by atoms with E-state index in [0.29, 0.717) is 11.6 Å². The smallest absolute Gasteiger partial charge is 0.205 e. The molecule has 5 rings (SSSR count). The van der Waals surface area contributed by atoms with Crippen molar-refractivity contribution in [3.63, 3.8) is 0 Å². The van der Waals surface area contributed by atoms with Crippen LogP contribution in [0.2, 0.25) is 0 Å². The number of benzene rings is 2. The van der Waals surface area contributed by atoms with E-state index in [-0.39, 0.29) is 0 Å². The molecule has 0 bridgehead atoms. The molecule has 0 atom stereocenters. The molecule has 0 fully saturated rings. The molecule has 0 aliphatic carbocycles. The molecule has 0 saturated heterocycles. The summed E-state index contributed by atoms with van der Waals surface area (Å²) in [6.07, 6.45) is 3.51. The highest BCUT2D eigenvalue weighted by Gasteiger charge is 2.15. The van der Waals surface area contributed by atoms with Crippen LogP contribution in [-0.4, -0.2) is 19.7 Å². The molecule has 3 aromatic heterocycles. The van der Waals surface area contributed by atoms with Gasteiger partial charge >= 0.3 is 0 Å². The first-order valence-electron chi connectivity index (χ1n) is 10.5. The highest BCUT2D eigenvalue weighted by molar-refractivity contribution is 7.98. The number of hydrogen-bond acceptors (Lipinski definition) is 6. The normalized spacial score (nSPS) is 11.1. The molecule has 0 N–H and O–H groups in total. The molecule has 0 radical (unpaired) electrons. The highest BCUT2D eigenvalue weighted by atomic mass is 32.2. The summed E-state index contributed by atoms with van der Waals surface area (Å²) in [4.78, 5) is 5.74. The first kappa shape index (κ1) is 20.7. The molecule has 0 spiro atoms. The third kappa shape index (κ3) is 5.00. The summed E-state index contributed by atoms with van der Waals surface area (Å²) in [7, 11) is 0. The summed E-state index contributed by atoms with van der Waals surface area (Å²) in [5.74, 6) is 3.06. The fourth-order valence-electron chi connectivity index (χ4n) is 3.47. The molecular weight excluding hydrogens is 436 g/mol. The maximum absolute atomic E-state index is 5.96. The Morgan fingerprint density at radius 3 is 2.50 bits per heavy atom. The molecular formula is C25H22N4OS2. The SMILES string of the molecule is c1ccc(CCn2c(Cc3cccs3)nnc2SCc2ncc(-c3ccccc3)o2)cc1. The van der Waals surface area contributed by atoms with Crippen molar-refractivity contribution in [3.8, 4) is 11.3 Å². The maximum atomic E-state index is 5.96. The fraction of sp³-hybridized carbons (Fsp3) is 0.160. The molecule has 0 unspecified atom stereocenters. The minimum absolute atomic E-state index is 0.606. The molecule has 0 aliphatic rings. The van der Waals surface area contributed by atoms with Crippen molar-refractivity contribution in [2.45, 2.75) is 30.3 Å². The standard InChI is InChI=1S/C25H22N4OS2/c1-3-8-19(9-4-1)13-14-29-23(16-21-12-7-15-31-21)27-28-25(29)32-18-24-26-17-22(30-24)20-10-5-2-6-11-20/h1-12,15,17H,13-14,16,18H2. The lowest BCUT2D eigenvalue weighted by molar-refractivity contribution is 0.529. The second-order valence-electron chi connectivity index (χ2n) is 7.32. The van der Waals surface area contributed by atoms with Crippen molar-refractivity contribution < 1.29 is 4.42 Å². The third-order valence-corrected chi connectivity index (χ3v) is 6.94. The molecule has 0 amide bonds. The van der Waals surface area contributed by atoms with E-state index >= 15 is 0 Å². The van der Waals surface area contributed by atoms with Gasteiger partial charge in [0.2, 0.25) is 5.89 Å². The summed E-state index contributed by atoms with van der Waals surface area (Å²) in [5.41, 5.74) is 2.33. The molecule has 7 heteroatoms. The van der Waals surface area contributed by atoms with Crippen LogP contribution in [0.25, 0.3) is 11.3 Å². The summed E-state index contributed by atoms with van der Waals surface area (Å²) in [6.45, 7) is 0.834. The van der Waals surface area contributed by atoms with Crippen LogP contribution in [0.15, 0.2) is 93.9 Å². The van der Waals surface area contributed by atoms with Gasteiger partial charge in [0.15, 0.2) is 10.9 Å². The minimum atomic E-state index is 0.606. The lowest BCUT2D eigenvalue weighted by Crippen LogP contribution is -2.08. The van der Waals surface area contributed by atoms with Crippen molar-refractivity contribution in [2.24, 2.45) is 0 Å². The average Bonchev–Trinajstić information content (AvgIpc) is 3.60. The lowest BCUT2D eigenvalue weighted by atomic mass is 10.1. The molecule has 5 nitrogen and oxygen atoms in total. The fourth-order valence-corrected chi connectivity index (χ4v) is 5.01. The number of aromatic nitrogens is 4. The van der Waals surface area contributed by atoms with Gasteiger partial charge in [-0.15, -0.1) is 21.5 Å². The van der Waals surface area contributed by atoms with Gasteiger partial charge in [0, 0.05) is 23.4 Å². The van der Waals surface area contributed by atoms with E-state index in [1.54, 1.807) is 29.3 Å². The van der Waals surface area contributed by atoms with Gasteiger partial charge in [-0.25, -0.2) is 4.98 Å². The van der Waals surface area contributed by atoms with Gasteiger partial charge in [-0.1, -0.05) is 78.5 Å². The third-order valence-electron chi connectivity index (χ3n) is 5.11. The second kappa shape index (κ2) is 9.97. The number of hydrogen-bond donors (Lipinski definition) is 0. The zero-order valence-electron chi connectivity index (χ0n) is 17.4. The topological polar surface area (TPSA) is 56.7 Å². The van der Waals surface area contributed by atoms with Crippen LogP contribution in [0.3, 0.4) is 0 Å².